The summed E-state index contributed by atoms with van der Waals surface area (Å²) in [5.41, 5.74) is -1.02. The largest absolute Gasteiger partial charge is 0.390 e. The second-order valence-corrected chi connectivity index (χ2v) is 4.12. The zero-order chi connectivity index (χ0) is 12.4. The lowest BCUT2D eigenvalue weighted by Crippen LogP contribution is -2.31. The van der Waals surface area contributed by atoms with Crippen molar-refractivity contribution in [3.05, 3.63) is 33.1 Å². The summed E-state index contributed by atoms with van der Waals surface area (Å²) in [6.45, 7) is 0.223. The van der Waals surface area contributed by atoms with Gasteiger partial charge in [0.1, 0.15) is 12.3 Å². The molecule has 2 heterocycles. The fourth-order valence-corrected chi connectivity index (χ4v) is 1.97. The van der Waals surface area contributed by atoms with Crippen molar-refractivity contribution in [2.24, 2.45) is 0 Å². The van der Waals surface area contributed by atoms with Gasteiger partial charge in [-0.3, -0.25) is 14.3 Å². The first-order chi connectivity index (χ1) is 8.11. The summed E-state index contributed by atoms with van der Waals surface area (Å²) in [6.07, 6.45) is -0.122. The molecule has 1 aliphatic heterocycles. The molecule has 0 radical (unpaired) electrons. The van der Waals surface area contributed by atoms with E-state index >= 15 is 0 Å². The molecule has 0 aromatic carbocycles. The Bertz CT molecular complexity index is 499. The van der Waals surface area contributed by atoms with Gasteiger partial charge in [0.25, 0.3) is 5.56 Å². The molecule has 1 saturated heterocycles. The molecular weight excluding hydrogens is 247 g/mol. The van der Waals surface area contributed by atoms with E-state index in [1.807, 2.05) is 0 Å². The van der Waals surface area contributed by atoms with Gasteiger partial charge in [0.2, 0.25) is 0 Å². The number of aliphatic hydroxyl groups is 1. The van der Waals surface area contributed by atoms with Crippen LogP contribution in [0.3, 0.4) is 0 Å². The lowest BCUT2D eigenvalue weighted by molar-refractivity contribution is -0.0382. The molecule has 4 atom stereocenters. The maximum Gasteiger partial charge on any atom is 0.330 e. The lowest BCUT2D eigenvalue weighted by Gasteiger charge is -2.14. The first-order valence-corrected chi connectivity index (χ1v) is 5.55. The number of hydrogen-bond donors (Lipinski definition) is 2. The number of aromatic amines is 1. The summed E-state index contributed by atoms with van der Waals surface area (Å²) in [6, 6.07) is 1.23. The number of hydrogen-bond acceptors (Lipinski definition) is 5. The van der Waals surface area contributed by atoms with Gasteiger partial charge in [0, 0.05) is 28.2 Å². The monoisotopic (exact) mass is 260 g/mol. The Hall–Kier alpha value is -1.01. The smallest absolute Gasteiger partial charge is 0.330 e. The van der Waals surface area contributed by atoms with Crippen LogP contribution in [0.15, 0.2) is 21.9 Å². The van der Waals surface area contributed by atoms with Crippen LogP contribution in [0.25, 0.3) is 0 Å². The van der Waals surface area contributed by atoms with Crippen LogP contribution in [0.5, 0.6) is 0 Å². The number of nitrogens with one attached hydrogen (secondary N) is 1. The number of nitrogens with zero attached hydrogens (tertiary/aromatic N) is 1. The third kappa shape index (κ3) is 2.63. The second kappa shape index (κ2) is 5.10. The van der Waals surface area contributed by atoms with Crippen molar-refractivity contribution < 1.29 is 14.4 Å². The molecule has 2 N–H and O–H groups in total. The van der Waals surface area contributed by atoms with E-state index in [1.54, 1.807) is 0 Å². The van der Waals surface area contributed by atoms with Crippen LogP contribution in [0.4, 0.5) is 0 Å². The van der Waals surface area contributed by atoms with Crippen LogP contribution in [0.2, 0.25) is 0 Å². The highest BCUT2D eigenvalue weighted by Crippen LogP contribution is 2.27. The first-order valence-electron chi connectivity index (χ1n) is 5.08. The van der Waals surface area contributed by atoms with Gasteiger partial charge in [-0.2, -0.15) is 0 Å². The third-order valence-electron chi connectivity index (χ3n) is 2.63. The Morgan fingerprint density at radius 3 is 3.06 bits per heavy atom. The highest BCUT2D eigenvalue weighted by Gasteiger charge is 2.35. The molecule has 2 unspecified atom stereocenters. The summed E-state index contributed by atoms with van der Waals surface area (Å²) in [7, 11) is 2.07. The van der Waals surface area contributed by atoms with Gasteiger partial charge in [-0.1, -0.05) is 0 Å². The van der Waals surface area contributed by atoms with E-state index < -0.39 is 29.7 Å². The Labute approximate surface area is 98.7 Å². The minimum Gasteiger partial charge on any atom is -0.390 e. The summed E-state index contributed by atoms with van der Waals surface area (Å²) >= 11 is 0. The van der Waals surface area contributed by atoms with E-state index in [2.05, 4.69) is 14.5 Å². The van der Waals surface area contributed by atoms with Crippen LogP contribution in [-0.2, 0) is 9.26 Å². The summed E-state index contributed by atoms with van der Waals surface area (Å²) in [5, 5.41) is 9.70. The van der Waals surface area contributed by atoms with E-state index in [1.165, 1.54) is 16.8 Å². The van der Waals surface area contributed by atoms with Crippen LogP contribution in [0, 0.1) is 0 Å². The molecule has 0 spiro atoms. The normalized spacial score (nSPS) is 28.5. The SMILES string of the molecule is O=c1ccn([C@@H]2CC(O)[C@H](COP)O2)c(=O)[nH]1. The van der Waals surface area contributed by atoms with Crippen molar-refractivity contribution in [2.45, 2.75) is 24.9 Å². The molecule has 0 amide bonds. The van der Waals surface area contributed by atoms with Crippen molar-refractivity contribution in [1.82, 2.24) is 9.55 Å². The molecule has 17 heavy (non-hydrogen) atoms. The Kier molecular flexibility index (Phi) is 3.73. The maximum atomic E-state index is 11.5. The fourth-order valence-electron chi connectivity index (χ4n) is 1.78. The highest BCUT2D eigenvalue weighted by atomic mass is 31.0. The van der Waals surface area contributed by atoms with Gasteiger partial charge in [-0.25, -0.2) is 4.79 Å². The van der Waals surface area contributed by atoms with Crippen molar-refractivity contribution in [3.63, 3.8) is 0 Å². The van der Waals surface area contributed by atoms with Gasteiger partial charge >= 0.3 is 5.69 Å². The number of aromatic nitrogens is 2. The molecule has 1 fully saturated rings. The van der Waals surface area contributed by atoms with Gasteiger partial charge in [-0.15, -0.1) is 0 Å². The molecule has 0 saturated carbocycles. The van der Waals surface area contributed by atoms with Crippen LogP contribution in [0.1, 0.15) is 12.6 Å². The predicted molar refractivity (Wildman–Crippen MR) is 61.5 cm³/mol. The summed E-state index contributed by atoms with van der Waals surface area (Å²) in [5.74, 6) is 0. The van der Waals surface area contributed by atoms with Crippen molar-refractivity contribution >= 4 is 9.47 Å². The molecular formula is C9H13N2O5P. The average molecular weight is 260 g/mol. The molecule has 8 heteroatoms. The average Bonchev–Trinajstić information content (AvgIpc) is 2.60. The molecule has 7 nitrogen and oxygen atoms in total. The summed E-state index contributed by atoms with van der Waals surface area (Å²) < 4.78 is 11.5. The Morgan fingerprint density at radius 1 is 1.65 bits per heavy atom. The van der Waals surface area contributed by atoms with E-state index in [-0.39, 0.29) is 13.0 Å². The minimum atomic E-state index is -0.695. The molecule has 0 aliphatic carbocycles. The second-order valence-electron chi connectivity index (χ2n) is 3.78. The Balaban J connectivity index is 2.19. The van der Waals surface area contributed by atoms with Crippen molar-refractivity contribution in [2.75, 3.05) is 6.61 Å². The van der Waals surface area contributed by atoms with E-state index in [4.69, 9.17) is 9.26 Å². The number of rotatable bonds is 3. The van der Waals surface area contributed by atoms with Crippen molar-refractivity contribution in [1.29, 1.82) is 0 Å². The van der Waals surface area contributed by atoms with E-state index in [9.17, 15) is 14.7 Å². The van der Waals surface area contributed by atoms with Crippen LogP contribution < -0.4 is 11.2 Å². The molecule has 1 aromatic rings. The lowest BCUT2D eigenvalue weighted by atomic mass is 10.2. The van der Waals surface area contributed by atoms with E-state index in [0.717, 1.165) is 0 Å². The molecule has 1 aromatic heterocycles. The number of aliphatic hydroxyl groups excluding tert-OH is 1. The molecule has 2 rings (SSSR count). The fraction of sp³-hybridized carbons (Fsp3) is 0.556. The number of H-pyrrole nitrogens is 1. The first kappa shape index (κ1) is 12.4. The molecule has 1 aliphatic rings. The molecule has 0 bridgehead atoms. The maximum absolute atomic E-state index is 11.5. The van der Waals surface area contributed by atoms with Crippen LogP contribution in [-0.4, -0.2) is 33.5 Å². The highest BCUT2D eigenvalue weighted by molar-refractivity contribution is 7.09. The zero-order valence-corrected chi connectivity index (χ0v) is 10.1. The third-order valence-corrected chi connectivity index (χ3v) is 2.82. The predicted octanol–water partition coefficient (Wildman–Crippen LogP) is -1.01. The zero-order valence-electron chi connectivity index (χ0n) is 8.91. The Morgan fingerprint density at radius 2 is 2.41 bits per heavy atom. The minimum absolute atomic E-state index is 0.223. The van der Waals surface area contributed by atoms with Gasteiger partial charge in [-0.05, 0) is 0 Å². The standard InChI is InChI=1S/C9H13N2O5P/c12-5-3-8(16-6(5)4-15-17)11-2-1-7(13)10-9(11)14/h1-2,5-6,8,12H,3-4,17H2,(H,10,13,14)/t5?,6-,8-/m0/s1. The molecule has 94 valence electrons. The summed E-state index contributed by atoms with van der Waals surface area (Å²) in [4.78, 5) is 24.5. The van der Waals surface area contributed by atoms with Crippen molar-refractivity contribution in [3.8, 4) is 0 Å². The van der Waals surface area contributed by atoms with Crippen LogP contribution >= 0.6 is 9.47 Å². The number of ether oxygens (including phenoxy) is 1. The quantitative estimate of drug-likeness (QED) is 0.679. The van der Waals surface area contributed by atoms with Gasteiger partial charge in [0.15, 0.2) is 0 Å². The topological polar surface area (TPSA) is 93.6 Å². The van der Waals surface area contributed by atoms with Gasteiger partial charge < -0.3 is 14.4 Å². The van der Waals surface area contributed by atoms with E-state index in [0.29, 0.717) is 0 Å². The van der Waals surface area contributed by atoms with Gasteiger partial charge in [0.05, 0.1) is 12.7 Å².